The lowest BCUT2D eigenvalue weighted by molar-refractivity contribution is 1.18. The van der Waals surface area contributed by atoms with Crippen molar-refractivity contribution in [2.75, 3.05) is 0 Å². The molecule has 0 aliphatic rings. The third-order valence-corrected chi connectivity index (χ3v) is 7.75. The third kappa shape index (κ3) is 2.92. The van der Waals surface area contributed by atoms with E-state index in [1.54, 1.807) is 0 Å². The van der Waals surface area contributed by atoms with Crippen LogP contribution in [-0.2, 0) is 0 Å². The molecular weight excluding hydrogens is 446 g/mol. The number of para-hydroxylation sites is 3. The summed E-state index contributed by atoms with van der Waals surface area (Å²) in [5, 5.41) is 10.3. The number of benzene rings is 7. The topological polar surface area (TPSA) is 4.93 Å². The molecule has 8 aromatic rings. The maximum atomic E-state index is 2.43. The van der Waals surface area contributed by atoms with Crippen LogP contribution in [-0.4, -0.2) is 4.57 Å². The smallest absolute Gasteiger partial charge is 0.0619 e. The first-order chi connectivity index (χ1) is 18.4. The molecule has 0 atom stereocenters. The number of fused-ring (bicyclic) bond motifs is 8. The Morgan fingerprint density at radius 3 is 1.89 bits per heavy atom. The lowest BCUT2D eigenvalue weighted by Crippen LogP contribution is -1.95. The molecule has 37 heavy (non-hydrogen) atoms. The van der Waals surface area contributed by atoms with Crippen LogP contribution in [0.3, 0.4) is 0 Å². The second-order valence-corrected chi connectivity index (χ2v) is 9.74. The molecule has 1 heterocycles. The Labute approximate surface area is 214 Å². The van der Waals surface area contributed by atoms with Gasteiger partial charge in [0, 0.05) is 22.0 Å². The van der Waals surface area contributed by atoms with E-state index in [1.807, 2.05) is 0 Å². The largest absolute Gasteiger partial charge is 0.309 e. The molecule has 172 valence electrons. The van der Waals surface area contributed by atoms with Gasteiger partial charge >= 0.3 is 0 Å². The molecule has 1 nitrogen and oxygen atoms in total. The summed E-state index contributed by atoms with van der Waals surface area (Å²) >= 11 is 0. The predicted octanol–water partition coefficient (Wildman–Crippen LogP) is 9.91. The number of rotatable bonds is 2. The Kier molecular flexibility index (Phi) is 4.29. The maximum Gasteiger partial charge on any atom is 0.0619 e. The molecule has 0 saturated carbocycles. The van der Waals surface area contributed by atoms with Crippen LogP contribution in [0.5, 0.6) is 0 Å². The van der Waals surface area contributed by atoms with E-state index in [0.29, 0.717) is 0 Å². The van der Waals surface area contributed by atoms with Crippen LogP contribution >= 0.6 is 0 Å². The molecule has 0 radical (unpaired) electrons. The molecule has 0 aliphatic heterocycles. The van der Waals surface area contributed by atoms with Crippen molar-refractivity contribution in [3.8, 4) is 16.8 Å². The van der Waals surface area contributed by atoms with Crippen molar-refractivity contribution in [2.45, 2.75) is 0 Å². The van der Waals surface area contributed by atoms with E-state index >= 15 is 0 Å². The maximum absolute atomic E-state index is 2.43. The van der Waals surface area contributed by atoms with Crippen molar-refractivity contribution in [1.82, 2.24) is 4.57 Å². The summed E-state index contributed by atoms with van der Waals surface area (Å²) in [5.74, 6) is 0. The van der Waals surface area contributed by atoms with E-state index in [0.717, 1.165) is 0 Å². The predicted molar refractivity (Wildman–Crippen MR) is 159 cm³/mol. The first-order valence-electron chi connectivity index (χ1n) is 12.8. The number of aromatic nitrogens is 1. The van der Waals surface area contributed by atoms with E-state index < -0.39 is 0 Å². The van der Waals surface area contributed by atoms with E-state index in [9.17, 15) is 0 Å². The van der Waals surface area contributed by atoms with Gasteiger partial charge in [0.1, 0.15) is 0 Å². The lowest BCUT2D eigenvalue weighted by atomic mass is 9.90. The Morgan fingerprint density at radius 1 is 0.378 bits per heavy atom. The van der Waals surface area contributed by atoms with Gasteiger partial charge in [0.05, 0.1) is 11.0 Å². The third-order valence-electron chi connectivity index (χ3n) is 7.75. The highest BCUT2D eigenvalue weighted by atomic mass is 15.0. The fourth-order valence-electron chi connectivity index (χ4n) is 6.18. The van der Waals surface area contributed by atoms with Gasteiger partial charge in [0.2, 0.25) is 0 Å². The second-order valence-electron chi connectivity index (χ2n) is 9.74. The van der Waals surface area contributed by atoms with Gasteiger partial charge in [-0.3, -0.25) is 0 Å². The van der Waals surface area contributed by atoms with E-state index in [-0.39, 0.29) is 0 Å². The van der Waals surface area contributed by atoms with Crippen LogP contribution in [0, 0.1) is 0 Å². The normalized spacial score (nSPS) is 11.8. The first-order valence-corrected chi connectivity index (χ1v) is 12.8. The standard InChI is InChI=1S/C36H23N/c1-2-12-26(13-3-1)37-34-20-9-8-16-29(34)31-18-10-19-32(36(31)37)33-23-25-22-21-24-11-4-5-14-27(24)35(25)30-17-7-6-15-28(30)33/h1-23H. The monoisotopic (exact) mass is 469 g/mol. The summed E-state index contributed by atoms with van der Waals surface area (Å²) in [6, 6.07) is 50.7. The van der Waals surface area contributed by atoms with Gasteiger partial charge in [-0.2, -0.15) is 0 Å². The fraction of sp³-hybridized carbons (Fsp3) is 0. The van der Waals surface area contributed by atoms with E-state index in [4.69, 9.17) is 0 Å². The van der Waals surface area contributed by atoms with Gasteiger partial charge in [-0.15, -0.1) is 0 Å². The molecule has 1 heteroatoms. The summed E-state index contributed by atoms with van der Waals surface area (Å²) < 4.78 is 2.43. The van der Waals surface area contributed by atoms with Gasteiger partial charge in [-0.05, 0) is 62.1 Å². The minimum atomic E-state index is 1.18. The second kappa shape index (κ2) is 7.81. The van der Waals surface area contributed by atoms with Gasteiger partial charge in [0.25, 0.3) is 0 Å². The SMILES string of the molecule is c1ccc(-n2c3ccccc3c3cccc(-c4cc5ccc6ccccc6c5c5ccccc45)c32)cc1. The zero-order valence-electron chi connectivity index (χ0n) is 20.2. The van der Waals surface area contributed by atoms with Gasteiger partial charge in [0.15, 0.2) is 0 Å². The Morgan fingerprint density at radius 2 is 1.03 bits per heavy atom. The van der Waals surface area contributed by atoms with Crippen molar-refractivity contribution in [1.29, 1.82) is 0 Å². The highest BCUT2D eigenvalue weighted by molar-refractivity contribution is 6.25. The average Bonchev–Trinajstić information content (AvgIpc) is 3.31. The Bertz CT molecular complexity index is 2130. The molecule has 0 unspecified atom stereocenters. The minimum Gasteiger partial charge on any atom is -0.309 e. The fourth-order valence-corrected chi connectivity index (χ4v) is 6.18. The summed E-state index contributed by atoms with van der Waals surface area (Å²) in [7, 11) is 0. The van der Waals surface area contributed by atoms with Crippen LogP contribution in [0.4, 0.5) is 0 Å². The summed E-state index contributed by atoms with van der Waals surface area (Å²) in [4.78, 5) is 0. The molecule has 1 aromatic heterocycles. The minimum absolute atomic E-state index is 1.18. The van der Waals surface area contributed by atoms with E-state index in [1.165, 1.54) is 70.9 Å². The van der Waals surface area contributed by atoms with E-state index in [2.05, 4.69) is 144 Å². The van der Waals surface area contributed by atoms with Crippen molar-refractivity contribution in [3.63, 3.8) is 0 Å². The summed E-state index contributed by atoms with van der Waals surface area (Å²) in [6.07, 6.45) is 0. The molecule has 0 bridgehead atoms. The van der Waals surface area contributed by atoms with Crippen molar-refractivity contribution < 1.29 is 0 Å². The van der Waals surface area contributed by atoms with Gasteiger partial charge in [-0.1, -0.05) is 115 Å². The highest BCUT2D eigenvalue weighted by Crippen LogP contribution is 2.43. The Hall–Kier alpha value is -4.88. The van der Waals surface area contributed by atoms with Crippen molar-refractivity contribution >= 4 is 54.1 Å². The molecule has 0 spiro atoms. The molecule has 0 N–H and O–H groups in total. The highest BCUT2D eigenvalue weighted by Gasteiger charge is 2.18. The van der Waals surface area contributed by atoms with Gasteiger partial charge < -0.3 is 4.57 Å². The Balaban J connectivity index is 1.57. The molecule has 0 fully saturated rings. The lowest BCUT2D eigenvalue weighted by Gasteiger charge is -2.16. The molecule has 7 aromatic carbocycles. The van der Waals surface area contributed by atoms with Crippen LogP contribution < -0.4 is 0 Å². The summed E-state index contributed by atoms with van der Waals surface area (Å²) in [5.41, 5.74) is 6.18. The van der Waals surface area contributed by atoms with Crippen molar-refractivity contribution in [2.24, 2.45) is 0 Å². The molecule has 0 saturated heterocycles. The molecule has 8 rings (SSSR count). The number of hydrogen-bond acceptors (Lipinski definition) is 0. The molecular formula is C36H23N. The van der Waals surface area contributed by atoms with Crippen LogP contribution in [0.25, 0.3) is 70.9 Å². The quantitative estimate of drug-likeness (QED) is 0.222. The average molecular weight is 470 g/mol. The van der Waals surface area contributed by atoms with Crippen LogP contribution in [0.2, 0.25) is 0 Å². The molecule has 0 amide bonds. The van der Waals surface area contributed by atoms with Crippen LogP contribution in [0.1, 0.15) is 0 Å². The zero-order chi connectivity index (χ0) is 24.3. The first kappa shape index (κ1) is 20.3. The van der Waals surface area contributed by atoms with Gasteiger partial charge in [-0.25, -0.2) is 0 Å². The summed E-state index contributed by atoms with van der Waals surface area (Å²) in [6.45, 7) is 0. The molecule has 0 aliphatic carbocycles. The number of hydrogen-bond donors (Lipinski definition) is 0. The van der Waals surface area contributed by atoms with Crippen molar-refractivity contribution in [3.05, 3.63) is 140 Å². The van der Waals surface area contributed by atoms with Crippen LogP contribution in [0.15, 0.2) is 140 Å². The number of nitrogens with zero attached hydrogens (tertiary/aromatic N) is 1. The zero-order valence-corrected chi connectivity index (χ0v) is 20.2.